The fraction of sp³-hybridized carbons (Fsp3) is 1.00. The molecule has 0 saturated carbocycles. The van der Waals surface area contributed by atoms with Gasteiger partial charge in [-0.3, -0.25) is 0 Å². The fourth-order valence-corrected chi connectivity index (χ4v) is 6.68. The third-order valence-electron chi connectivity index (χ3n) is 3.29. The van der Waals surface area contributed by atoms with Crippen LogP contribution in [0.15, 0.2) is 0 Å². The zero-order chi connectivity index (χ0) is 9.40. The molecule has 0 saturated heterocycles. The summed E-state index contributed by atoms with van der Waals surface area (Å²) >= 11 is 0. The van der Waals surface area contributed by atoms with E-state index >= 15 is 0 Å². The molecule has 74 valence electrons. The van der Waals surface area contributed by atoms with Gasteiger partial charge in [0.05, 0.1) is 0 Å². The van der Waals surface area contributed by atoms with Gasteiger partial charge >= 0.3 is 0 Å². The maximum Gasteiger partial charge on any atom is 0.0201 e. The van der Waals surface area contributed by atoms with Crippen molar-refractivity contribution in [2.75, 3.05) is 0 Å². The van der Waals surface area contributed by atoms with Crippen LogP contribution in [0.2, 0.25) is 30.3 Å². The van der Waals surface area contributed by atoms with Crippen molar-refractivity contribution in [3.8, 4) is 0 Å². The van der Waals surface area contributed by atoms with Gasteiger partial charge in [-0.15, -0.1) is 0 Å². The minimum Gasteiger partial charge on any atom is -0.0749 e. The van der Waals surface area contributed by atoms with Crippen LogP contribution < -0.4 is 0 Å². The molecule has 0 spiro atoms. The molecule has 0 heterocycles. The van der Waals surface area contributed by atoms with Crippen molar-refractivity contribution in [1.82, 2.24) is 0 Å². The highest BCUT2D eigenvalue weighted by Gasteiger charge is 2.08. The Bertz CT molecular complexity index is 75.8. The Labute approximate surface area is 85.4 Å². The van der Waals surface area contributed by atoms with Crippen molar-refractivity contribution in [3.05, 3.63) is 0 Å². The summed E-state index contributed by atoms with van der Waals surface area (Å²) in [5.74, 6) is 0. The van der Waals surface area contributed by atoms with Gasteiger partial charge in [0.15, 0.2) is 0 Å². The largest absolute Gasteiger partial charge is 0.0749 e. The highest BCUT2D eigenvalue weighted by Crippen LogP contribution is 2.21. The molecule has 0 nitrogen and oxygen atoms in total. The van der Waals surface area contributed by atoms with Crippen molar-refractivity contribution in [2.45, 2.75) is 56.5 Å². The van der Waals surface area contributed by atoms with E-state index in [4.69, 9.17) is 0 Å². The third-order valence-corrected chi connectivity index (χ3v) is 12.0. The molecule has 3 heteroatoms. The monoisotopic (exact) mass is 218 g/mol. The molecule has 12 heavy (non-hydrogen) atoms. The molecule has 0 aliphatic heterocycles. The van der Waals surface area contributed by atoms with E-state index in [0.29, 0.717) is 28.6 Å². The summed E-state index contributed by atoms with van der Waals surface area (Å²) in [4.78, 5) is 0. The highest BCUT2D eigenvalue weighted by molar-refractivity contribution is 6.57. The standard InChI is InChI=1S/C9H26Si3/c1-5-8(10-2)6-7-9(11-3)12-4/h8-9H,5-7,10-12H2,1-4H3. The SMILES string of the molecule is CCC(CCC([SiH2]C)[SiH2]C)[SiH2]C. The van der Waals surface area contributed by atoms with Crippen molar-refractivity contribution in [3.63, 3.8) is 0 Å². The average molecular weight is 219 g/mol. The summed E-state index contributed by atoms with van der Waals surface area (Å²) in [5, 5.41) is 1.29. The molecule has 0 aromatic carbocycles. The van der Waals surface area contributed by atoms with E-state index < -0.39 is 0 Å². The lowest BCUT2D eigenvalue weighted by Crippen LogP contribution is -2.08. The zero-order valence-corrected chi connectivity index (χ0v) is 13.6. The summed E-state index contributed by atoms with van der Waals surface area (Å²) in [6.07, 6.45) is 4.67. The lowest BCUT2D eigenvalue weighted by Gasteiger charge is -2.16. The predicted molar refractivity (Wildman–Crippen MR) is 70.2 cm³/mol. The minimum atomic E-state index is 0.301. The van der Waals surface area contributed by atoms with E-state index in [1.807, 2.05) is 0 Å². The van der Waals surface area contributed by atoms with Crippen LogP contribution in [0, 0.1) is 0 Å². The molecule has 0 aliphatic rings. The average Bonchev–Trinajstić information content (AvgIpc) is 2.13. The molecular weight excluding hydrogens is 192 g/mol. The van der Waals surface area contributed by atoms with Gasteiger partial charge in [-0.2, -0.15) is 0 Å². The molecule has 1 unspecified atom stereocenters. The number of hydrogen-bond donors (Lipinski definition) is 0. The highest BCUT2D eigenvalue weighted by atomic mass is 28.3. The van der Waals surface area contributed by atoms with E-state index in [2.05, 4.69) is 26.6 Å². The second kappa shape index (κ2) is 8.26. The van der Waals surface area contributed by atoms with Gasteiger partial charge in [-0.25, -0.2) is 0 Å². The van der Waals surface area contributed by atoms with Crippen molar-refractivity contribution in [2.24, 2.45) is 0 Å². The molecule has 0 rings (SSSR count). The smallest absolute Gasteiger partial charge is 0.0201 e. The second-order valence-electron chi connectivity index (χ2n) is 3.94. The molecule has 0 aromatic heterocycles. The Morgan fingerprint density at radius 2 is 1.50 bits per heavy atom. The molecule has 0 radical (unpaired) electrons. The molecule has 0 fully saturated rings. The van der Waals surface area contributed by atoms with Crippen molar-refractivity contribution in [1.29, 1.82) is 0 Å². The summed E-state index contributed by atoms with van der Waals surface area (Å²) < 4.78 is 0. The van der Waals surface area contributed by atoms with E-state index in [9.17, 15) is 0 Å². The van der Waals surface area contributed by atoms with E-state index in [0.717, 1.165) is 0 Å². The van der Waals surface area contributed by atoms with Gasteiger partial charge in [-0.05, 0) is 0 Å². The molecule has 0 amide bonds. The van der Waals surface area contributed by atoms with E-state index in [1.165, 1.54) is 17.1 Å². The Kier molecular flexibility index (Phi) is 8.71. The summed E-state index contributed by atoms with van der Waals surface area (Å²) in [7, 11) is 0.994. The van der Waals surface area contributed by atoms with Gasteiger partial charge in [0.1, 0.15) is 0 Å². The first-order valence-corrected chi connectivity index (χ1v) is 12.5. The minimum absolute atomic E-state index is 0.301. The Hall–Kier alpha value is 0.651. The van der Waals surface area contributed by atoms with Gasteiger partial charge in [0, 0.05) is 28.6 Å². The molecule has 1 atom stereocenters. The van der Waals surface area contributed by atoms with Crippen LogP contribution in [0.3, 0.4) is 0 Å². The molecule has 0 bridgehead atoms. The molecule has 0 aliphatic carbocycles. The van der Waals surface area contributed by atoms with E-state index in [1.54, 1.807) is 12.8 Å². The predicted octanol–water partition coefficient (Wildman–Crippen LogP) is 1.36. The first-order chi connectivity index (χ1) is 5.78. The van der Waals surface area contributed by atoms with Crippen LogP contribution in [0.5, 0.6) is 0 Å². The maximum atomic E-state index is 2.51. The van der Waals surface area contributed by atoms with Gasteiger partial charge in [-0.1, -0.05) is 56.5 Å². The van der Waals surface area contributed by atoms with Crippen LogP contribution in [0.1, 0.15) is 26.2 Å². The van der Waals surface area contributed by atoms with Crippen LogP contribution in [0.25, 0.3) is 0 Å². The van der Waals surface area contributed by atoms with Crippen LogP contribution in [-0.2, 0) is 0 Å². The van der Waals surface area contributed by atoms with Gasteiger partial charge < -0.3 is 0 Å². The Balaban J connectivity index is 3.49. The molecule has 0 N–H and O–H groups in total. The maximum absolute atomic E-state index is 2.51. The van der Waals surface area contributed by atoms with E-state index in [-0.39, 0.29) is 0 Å². The summed E-state index contributed by atoms with van der Waals surface area (Å²) in [5.41, 5.74) is 1.17. The zero-order valence-electron chi connectivity index (χ0n) is 9.40. The third kappa shape index (κ3) is 5.32. The Morgan fingerprint density at radius 1 is 0.917 bits per heavy atom. The normalized spacial score (nSPS) is 19.0. The quantitative estimate of drug-likeness (QED) is 0.566. The second-order valence-corrected chi connectivity index (χ2v) is 11.0. The topological polar surface area (TPSA) is 0 Å². The van der Waals surface area contributed by atoms with Crippen molar-refractivity contribution < 1.29 is 0 Å². The number of hydrogen-bond acceptors (Lipinski definition) is 0. The molecule has 0 aromatic rings. The lowest BCUT2D eigenvalue weighted by molar-refractivity contribution is 0.679. The Morgan fingerprint density at radius 3 is 1.83 bits per heavy atom. The molecular formula is C9H26Si3. The summed E-state index contributed by atoms with van der Waals surface area (Å²) in [6.45, 7) is 9.87. The fourth-order valence-electron chi connectivity index (χ4n) is 1.87. The first kappa shape index (κ1) is 12.7. The van der Waals surface area contributed by atoms with Crippen LogP contribution >= 0.6 is 0 Å². The first-order valence-electron chi connectivity index (χ1n) is 5.78. The van der Waals surface area contributed by atoms with Crippen LogP contribution in [0.4, 0.5) is 0 Å². The lowest BCUT2D eigenvalue weighted by atomic mass is 10.2. The van der Waals surface area contributed by atoms with Gasteiger partial charge in [0.2, 0.25) is 0 Å². The summed E-state index contributed by atoms with van der Waals surface area (Å²) in [6, 6.07) is 0. The van der Waals surface area contributed by atoms with Crippen molar-refractivity contribution >= 4 is 28.6 Å². The van der Waals surface area contributed by atoms with Gasteiger partial charge in [0.25, 0.3) is 0 Å². The number of rotatable bonds is 7. The van der Waals surface area contributed by atoms with Crippen LogP contribution in [-0.4, -0.2) is 28.6 Å².